The van der Waals surface area contributed by atoms with Crippen LogP contribution < -0.4 is 5.32 Å². The van der Waals surface area contributed by atoms with Gasteiger partial charge in [-0.05, 0) is 36.2 Å². The van der Waals surface area contributed by atoms with Crippen molar-refractivity contribution in [1.29, 1.82) is 0 Å². The number of carbonyl (C=O) groups is 1. The van der Waals surface area contributed by atoms with E-state index < -0.39 is 0 Å². The maximum atomic E-state index is 12.2. The van der Waals surface area contributed by atoms with Crippen LogP contribution in [0, 0.1) is 10.1 Å². The van der Waals surface area contributed by atoms with Gasteiger partial charge in [0.1, 0.15) is 5.76 Å². The van der Waals surface area contributed by atoms with E-state index in [1.54, 1.807) is 18.2 Å². The average molecular weight is 422 g/mol. The Morgan fingerprint density at radius 1 is 1.19 bits per heavy atom. The molecule has 0 bridgehead atoms. The van der Waals surface area contributed by atoms with Crippen LogP contribution in [0.15, 0.2) is 59.1 Å². The zero-order valence-corrected chi connectivity index (χ0v) is 17.5. The lowest BCUT2D eigenvalue weighted by Gasteiger charge is -2.36. The van der Waals surface area contributed by atoms with E-state index in [1.165, 1.54) is 0 Å². The van der Waals surface area contributed by atoms with Crippen LogP contribution in [-0.2, 0) is 13.1 Å². The Hall–Kier alpha value is -3.39. The van der Waals surface area contributed by atoms with Gasteiger partial charge in [-0.3, -0.25) is 19.8 Å². The molecule has 1 N–H and O–H groups in total. The van der Waals surface area contributed by atoms with E-state index >= 15 is 0 Å². The molecule has 31 heavy (non-hydrogen) atoms. The lowest BCUT2D eigenvalue weighted by molar-refractivity contribution is -0.384. The Labute approximate surface area is 180 Å². The molecule has 162 valence electrons. The number of non-ortho nitro benzene ring substituents is 1. The molecule has 1 aliphatic heterocycles. The van der Waals surface area contributed by atoms with Gasteiger partial charge < -0.3 is 14.3 Å². The topological polar surface area (TPSA) is 93.5 Å². The highest BCUT2D eigenvalue weighted by Crippen LogP contribution is 2.34. The van der Waals surface area contributed by atoms with Gasteiger partial charge in [-0.2, -0.15) is 0 Å². The molecule has 1 aromatic carbocycles. The predicted molar refractivity (Wildman–Crippen MR) is 116 cm³/mol. The van der Waals surface area contributed by atoms with E-state index in [2.05, 4.69) is 34.0 Å². The van der Waals surface area contributed by atoms with Crippen molar-refractivity contribution in [2.45, 2.75) is 38.9 Å². The van der Waals surface area contributed by atoms with Crippen LogP contribution in [0.1, 0.15) is 53.4 Å². The van der Waals surface area contributed by atoms with Crippen molar-refractivity contribution in [2.75, 3.05) is 13.1 Å². The summed E-state index contributed by atoms with van der Waals surface area (Å²) in [5, 5.41) is 13.9. The minimum absolute atomic E-state index is 0.0588. The number of unbranched alkanes of at least 4 members (excludes halogenated alkanes) is 1. The van der Waals surface area contributed by atoms with Crippen molar-refractivity contribution >= 4 is 11.6 Å². The number of hydrogen-bond acceptors (Lipinski definition) is 5. The Morgan fingerprint density at radius 3 is 2.74 bits per heavy atom. The molecule has 8 nitrogen and oxygen atoms in total. The normalized spacial score (nSPS) is 16.1. The SMILES string of the molecule is CCCCNC(=O)c1ccc(CN2CCn3cccc3C2c2ccc([N+](=O)[O-])cc2)o1. The molecule has 8 heteroatoms. The first-order valence-electron chi connectivity index (χ1n) is 10.6. The minimum Gasteiger partial charge on any atom is -0.455 e. The predicted octanol–water partition coefficient (Wildman–Crippen LogP) is 4.12. The molecule has 1 atom stereocenters. The Balaban J connectivity index is 1.54. The highest BCUT2D eigenvalue weighted by atomic mass is 16.6. The Kier molecular flexibility index (Phi) is 6.18. The van der Waals surface area contributed by atoms with Crippen molar-refractivity contribution in [3.05, 3.63) is 87.6 Å². The van der Waals surface area contributed by atoms with E-state index in [9.17, 15) is 14.9 Å². The summed E-state index contributed by atoms with van der Waals surface area (Å²) >= 11 is 0. The van der Waals surface area contributed by atoms with Gasteiger partial charge in [0.25, 0.3) is 11.6 Å². The number of nitro benzene ring substituents is 1. The van der Waals surface area contributed by atoms with Gasteiger partial charge in [-0.15, -0.1) is 0 Å². The Morgan fingerprint density at radius 2 is 2.00 bits per heavy atom. The summed E-state index contributed by atoms with van der Waals surface area (Å²) in [7, 11) is 0. The molecule has 3 heterocycles. The van der Waals surface area contributed by atoms with Crippen LogP contribution >= 0.6 is 0 Å². The molecule has 0 spiro atoms. The summed E-state index contributed by atoms with van der Waals surface area (Å²) in [6.45, 7) is 4.89. The van der Waals surface area contributed by atoms with Gasteiger partial charge in [0.15, 0.2) is 5.76 Å². The fourth-order valence-electron chi connectivity index (χ4n) is 4.01. The lowest BCUT2D eigenvalue weighted by atomic mass is 9.99. The molecule has 0 saturated carbocycles. The summed E-state index contributed by atoms with van der Waals surface area (Å²) in [4.78, 5) is 25.2. The molecule has 1 unspecified atom stereocenters. The van der Waals surface area contributed by atoms with Crippen molar-refractivity contribution < 1.29 is 14.1 Å². The number of aromatic nitrogens is 1. The Bertz CT molecular complexity index is 1050. The number of fused-ring (bicyclic) bond motifs is 1. The monoisotopic (exact) mass is 422 g/mol. The highest BCUT2D eigenvalue weighted by molar-refractivity contribution is 5.91. The second kappa shape index (κ2) is 9.18. The molecule has 4 rings (SSSR count). The van der Waals surface area contributed by atoms with Gasteiger partial charge in [-0.25, -0.2) is 0 Å². The number of benzene rings is 1. The largest absolute Gasteiger partial charge is 0.455 e. The van der Waals surface area contributed by atoms with Crippen molar-refractivity contribution in [3.8, 4) is 0 Å². The van der Waals surface area contributed by atoms with E-state index in [0.717, 1.165) is 37.2 Å². The smallest absolute Gasteiger partial charge is 0.286 e. The third kappa shape index (κ3) is 4.54. The van der Waals surface area contributed by atoms with Crippen LogP contribution in [0.2, 0.25) is 0 Å². The number of rotatable bonds is 8. The van der Waals surface area contributed by atoms with Crippen LogP contribution in [0.25, 0.3) is 0 Å². The van der Waals surface area contributed by atoms with Crippen molar-refractivity contribution in [2.24, 2.45) is 0 Å². The minimum atomic E-state index is -0.388. The van der Waals surface area contributed by atoms with Gasteiger partial charge in [-0.1, -0.05) is 25.5 Å². The molecule has 3 aromatic rings. The van der Waals surface area contributed by atoms with Gasteiger partial charge >= 0.3 is 0 Å². The second-order valence-corrected chi connectivity index (χ2v) is 7.72. The van der Waals surface area contributed by atoms with Gasteiger partial charge in [0, 0.05) is 43.7 Å². The fraction of sp³-hybridized carbons (Fsp3) is 0.348. The van der Waals surface area contributed by atoms with Gasteiger partial charge in [0.2, 0.25) is 0 Å². The average Bonchev–Trinajstić information content (AvgIpc) is 3.43. The number of furan rings is 1. The summed E-state index contributed by atoms with van der Waals surface area (Å²) in [6.07, 6.45) is 4.00. The maximum Gasteiger partial charge on any atom is 0.286 e. The molecule has 2 aromatic heterocycles. The van der Waals surface area contributed by atoms with Crippen molar-refractivity contribution in [3.63, 3.8) is 0 Å². The first-order valence-corrected chi connectivity index (χ1v) is 10.6. The summed E-state index contributed by atoms with van der Waals surface area (Å²) in [5.74, 6) is 0.838. The molecule has 0 aliphatic carbocycles. The second-order valence-electron chi connectivity index (χ2n) is 7.72. The number of carbonyl (C=O) groups excluding carboxylic acids is 1. The molecule has 0 radical (unpaired) electrons. The molecule has 1 amide bonds. The van der Waals surface area contributed by atoms with E-state index in [4.69, 9.17) is 4.42 Å². The number of amides is 1. The lowest BCUT2D eigenvalue weighted by Crippen LogP contribution is -2.37. The molecular weight excluding hydrogens is 396 g/mol. The number of hydrogen-bond donors (Lipinski definition) is 1. The molecule has 0 fully saturated rings. The van der Waals surface area contributed by atoms with Gasteiger partial charge in [0.05, 0.1) is 17.5 Å². The fourth-order valence-corrected chi connectivity index (χ4v) is 4.01. The summed E-state index contributed by atoms with van der Waals surface area (Å²) in [5.41, 5.74) is 2.18. The summed E-state index contributed by atoms with van der Waals surface area (Å²) < 4.78 is 8.04. The van der Waals surface area contributed by atoms with Crippen molar-refractivity contribution in [1.82, 2.24) is 14.8 Å². The third-order valence-electron chi connectivity index (χ3n) is 5.62. The number of nitrogens with zero attached hydrogens (tertiary/aromatic N) is 3. The zero-order valence-electron chi connectivity index (χ0n) is 17.5. The van der Waals surface area contributed by atoms with E-state index in [0.29, 0.717) is 24.6 Å². The first-order chi connectivity index (χ1) is 15.1. The first kappa shape index (κ1) is 20.9. The van der Waals surface area contributed by atoms with Crippen LogP contribution in [0.5, 0.6) is 0 Å². The van der Waals surface area contributed by atoms with E-state index in [1.807, 2.05) is 24.3 Å². The highest BCUT2D eigenvalue weighted by Gasteiger charge is 2.30. The maximum absolute atomic E-state index is 12.2. The molecular formula is C23H26N4O4. The van der Waals surface area contributed by atoms with Crippen LogP contribution in [0.4, 0.5) is 5.69 Å². The molecule has 1 aliphatic rings. The van der Waals surface area contributed by atoms with Crippen LogP contribution in [-0.4, -0.2) is 33.4 Å². The number of nitro groups is 1. The zero-order chi connectivity index (χ0) is 21.8. The third-order valence-corrected chi connectivity index (χ3v) is 5.62. The quantitative estimate of drug-likeness (QED) is 0.335. The number of nitrogens with one attached hydrogen (secondary N) is 1. The standard InChI is InChI=1S/C23H26N4O4/c1-2-3-12-24-23(28)21-11-10-19(31-21)16-26-15-14-25-13-4-5-20(25)22(26)17-6-8-18(9-7-17)27(29)30/h4-11,13,22H,2-3,12,14-16H2,1H3,(H,24,28). The molecule has 0 saturated heterocycles. The van der Waals surface area contributed by atoms with Crippen LogP contribution in [0.3, 0.4) is 0 Å². The summed E-state index contributed by atoms with van der Waals surface area (Å²) in [6, 6.07) is 14.3. The van der Waals surface area contributed by atoms with E-state index in [-0.39, 0.29) is 22.6 Å².